The summed E-state index contributed by atoms with van der Waals surface area (Å²) in [5, 5.41) is 4.44. The Kier molecular flexibility index (Phi) is 7.95. The van der Waals surface area contributed by atoms with Crippen molar-refractivity contribution in [1.29, 1.82) is 0 Å². The van der Waals surface area contributed by atoms with Gasteiger partial charge in [-0.1, -0.05) is 69.3 Å². The predicted molar refractivity (Wildman–Crippen MR) is 116 cm³/mol. The quantitative estimate of drug-likeness (QED) is 0.381. The summed E-state index contributed by atoms with van der Waals surface area (Å²) in [7, 11) is 0. The van der Waals surface area contributed by atoms with Crippen LogP contribution < -0.4 is 10.9 Å². The number of hydrogen-bond acceptors (Lipinski definition) is 4. The highest BCUT2D eigenvalue weighted by Gasteiger charge is 2.17. The number of para-hydroxylation sites is 1. The molecule has 2 aromatic rings. The van der Waals surface area contributed by atoms with Gasteiger partial charge in [-0.2, -0.15) is 0 Å². The number of nitrogens with zero attached hydrogens (tertiary/aromatic N) is 2. The van der Waals surface area contributed by atoms with Crippen molar-refractivity contribution in [3.63, 3.8) is 0 Å². The fraction of sp³-hybridized carbons (Fsp3) is 0.591. The molecule has 1 aliphatic rings. The highest BCUT2D eigenvalue weighted by atomic mass is 32.2. The van der Waals surface area contributed by atoms with Crippen LogP contribution in [0.5, 0.6) is 0 Å². The minimum Gasteiger partial charge on any atom is -0.353 e. The van der Waals surface area contributed by atoms with Crippen molar-refractivity contribution in [3.05, 3.63) is 34.6 Å². The topological polar surface area (TPSA) is 64.0 Å². The second kappa shape index (κ2) is 10.6. The van der Waals surface area contributed by atoms with E-state index in [0.29, 0.717) is 34.4 Å². The standard InChI is InChI=1S/C22H31N3O2S/c1-2-3-4-10-15-25-21(27)18-13-8-9-14-19(18)24-22(25)28-16-20(26)23-17-11-6-5-7-12-17/h8-9,13-14,17H,2-7,10-12,15-16H2,1H3,(H,23,26). The van der Waals surface area contributed by atoms with E-state index in [4.69, 9.17) is 4.98 Å². The van der Waals surface area contributed by atoms with E-state index in [-0.39, 0.29) is 11.5 Å². The lowest BCUT2D eigenvalue weighted by atomic mass is 9.95. The fourth-order valence-electron chi connectivity index (χ4n) is 3.80. The summed E-state index contributed by atoms with van der Waals surface area (Å²) in [4.78, 5) is 30.1. The molecule has 1 fully saturated rings. The zero-order valence-electron chi connectivity index (χ0n) is 16.8. The number of unbranched alkanes of at least 4 members (excludes halogenated alkanes) is 3. The molecule has 6 heteroatoms. The number of benzene rings is 1. The molecule has 0 bridgehead atoms. The van der Waals surface area contributed by atoms with Crippen molar-refractivity contribution < 1.29 is 4.79 Å². The van der Waals surface area contributed by atoms with E-state index in [2.05, 4.69) is 12.2 Å². The number of aromatic nitrogens is 2. The molecule has 1 amide bonds. The summed E-state index contributed by atoms with van der Waals surface area (Å²) in [6, 6.07) is 7.77. The molecule has 0 unspecified atom stereocenters. The number of thioether (sulfide) groups is 1. The Morgan fingerprint density at radius 3 is 2.75 bits per heavy atom. The lowest BCUT2D eigenvalue weighted by Crippen LogP contribution is -2.37. The average Bonchev–Trinajstić information content (AvgIpc) is 2.72. The SMILES string of the molecule is CCCCCCn1c(SCC(=O)NC2CCCCC2)nc2ccccc2c1=O. The number of rotatable bonds is 9. The van der Waals surface area contributed by atoms with Gasteiger partial charge >= 0.3 is 0 Å². The molecule has 28 heavy (non-hydrogen) atoms. The van der Waals surface area contributed by atoms with E-state index < -0.39 is 0 Å². The molecule has 1 heterocycles. The molecular formula is C22H31N3O2S. The molecule has 3 rings (SSSR count). The number of fused-ring (bicyclic) bond motifs is 1. The van der Waals surface area contributed by atoms with E-state index >= 15 is 0 Å². The van der Waals surface area contributed by atoms with Gasteiger partial charge in [-0.05, 0) is 31.4 Å². The van der Waals surface area contributed by atoms with Gasteiger partial charge < -0.3 is 5.32 Å². The molecule has 1 N–H and O–H groups in total. The largest absolute Gasteiger partial charge is 0.353 e. The van der Waals surface area contributed by atoms with Crippen LogP contribution in [0.4, 0.5) is 0 Å². The van der Waals surface area contributed by atoms with E-state index in [1.807, 2.05) is 24.3 Å². The molecule has 0 aliphatic heterocycles. The monoisotopic (exact) mass is 401 g/mol. The molecule has 1 aliphatic carbocycles. The lowest BCUT2D eigenvalue weighted by molar-refractivity contribution is -0.119. The van der Waals surface area contributed by atoms with Gasteiger partial charge in [0.05, 0.1) is 16.7 Å². The van der Waals surface area contributed by atoms with Gasteiger partial charge in [0.2, 0.25) is 5.91 Å². The maximum absolute atomic E-state index is 13.0. The van der Waals surface area contributed by atoms with Crippen LogP contribution in [0.25, 0.3) is 10.9 Å². The summed E-state index contributed by atoms with van der Waals surface area (Å²) >= 11 is 1.38. The van der Waals surface area contributed by atoms with Gasteiger partial charge in [-0.3, -0.25) is 14.2 Å². The van der Waals surface area contributed by atoms with Gasteiger partial charge in [0.25, 0.3) is 5.56 Å². The molecule has 5 nitrogen and oxygen atoms in total. The summed E-state index contributed by atoms with van der Waals surface area (Å²) in [5.41, 5.74) is 0.699. The number of carbonyl (C=O) groups excluding carboxylic acids is 1. The zero-order chi connectivity index (χ0) is 19.8. The van der Waals surface area contributed by atoms with Crippen molar-refractivity contribution in [3.8, 4) is 0 Å². The van der Waals surface area contributed by atoms with Crippen molar-refractivity contribution in [2.45, 2.75) is 82.5 Å². The fourth-order valence-corrected chi connectivity index (χ4v) is 4.63. The van der Waals surface area contributed by atoms with Crippen LogP contribution in [0.3, 0.4) is 0 Å². The van der Waals surface area contributed by atoms with Gasteiger partial charge in [0.1, 0.15) is 0 Å². The Bertz CT molecular complexity index is 843. The van der Waals surface area contributed by atoms with Gasteiger partial charge in [-0.15, -0.1) is 0 Å². The molecule has 0 atom stereocenters. The van der Waals surface area contributed by atoms with E-state index in [1.54, 1.807) is 4.57 Å². The first-order valence-corrected chi connectivity index (χ1v) is 11.6. The highest BCUT2D eigenvalue weighted by Crippen LogP contribution is 2.20. The second-order valence-corrected chi connectivity index (χ2v) is 8.56. The van der Waals surface area contributed by atoms with Crippen LogP contribution in [0.1, 0.15) is 64.7 Å². The van der Waals surface area contributed by atoms with Gasteiger partial charge in [0.15, 0.2) is 5.16 Å². The van der Waals surface area contributed by atoms with E-state index in [9.17, 15) is 9.59 Å². The number of nitrogens with one attached hydrogen (secondary N) is 1. The summed E-state index contributed by atoms with van der Waals surface area (Å²) < 4.78 is 1.76. The van der Waals surface area contributed by atoms with Crippen LogP contribution in [-0.4, -0.2) is 27.3 Å². The number of hydrogen-bond donors (Lipinski definition) is 1. The van der Waals surface area contributed by atoms with Gasteiger partial charge in [-0.25, -0.2) is 4.98 Å². The van der Waals surface area contributed by atoms with Crippen LogP contribution in [0.15, 0.2) is 34.2 Å². The maximum Gasteiger partial charge on any atom is 0.262 e. The van der Waals surface area contributed by atoms with Crippen molar-refractivity contribution >= 4 is 28.6 Å². The van der Waals surface area contributed by atoms with Crippen molar-refractivity contribution in [2.24, 2.45) is 0 Å². The minimum atomic E-state index is -0.00251. The Balaban J connectivity index is 1.72. The summed E-state index contributed by atoms with van der Waals surface area (Å²) in [6.07, 6.45) is 10.2. The molecule has 152 valence electrons. The molecule has 0 radical (unpaired) electrons. The van der Waals surface area contributed by atoms with Crippen molar-refractivity contribution in [1.82, 2.24) is 14.9 Å². The highest BCUT2D eigenvalue weighted by molar-refractivity contribution is 7.99. The number of amides is 1. The lowest BCUT2D eigenvalue weighted by Gasteiger charge is -2.22. The first-order valence-electron chi connectivity index (χ1n) is 10.6. The Labute approximate surface area is 171 Å². The predicted octanol–water partition coefficient (Wildman–Crippen LogP) is 4.52. The van der Waals surface area contributed by atoms with Crippen LogP contribution in [0.2, 0.25) is 0 Å². The first-order chi connectivity index (χ1) is 13.7. The van der Waals surface area contributed by atoms with E-state index in [0.717, 1.165) is 32.1 Å². The smallest absolute Gasteiger partial charge is 0.262 e. The Morgan fingerprint density at radius 2 is 1.96 bits per heavy atom. The Morgan fingerprint density at radius 1 is 1.18 bits per heavy atom. The zero-order valence-corrected chi connectivity index (χ0v) is 17.6. The summed E-state index contributed by atoms with van der Waals surface area (Å²) in [6.45, 7) is 2.83. The molecule has 1 aromatic carbocycles. The normalized spacial score (nSPS) is 15.0. The summed E-state index contributed by atoms with van der Waals surface area (Å²) in [5.74, 6) is 0.341. The molecular weight excluding hydrogens is 370 g/mol. The maximum atomic E-state index is 13.0. The third kappa shape index (κ3) is 5.60. The van der Waals surface area contributed by atoms with Crippen LogP contribution in [0, 0.1) is 0 Å². The Hall–Kier alpha value is -1.82. The minimum absolute atomic E-state index is 0.00251. The molecule has 1 aromatic heterocycles. The van der Waals surface area contributed by atoms with Crippen LogP contribution in [-0.2, 0) is 11.3 Å². The third-order valence-corrected chi connectivity index (χ3v) is 6.34. The van der Waals surface area contributed by atoms with E-state index in [1.165, 1.54) is 37.4 Å². The first kappa shape index (κ1) is 20.9. The second-order valence-electron chi connectivity index (χ2n) is 7.62. The van der Waals surface area contributed by atoms with Gasteiger partial charge in [0, 0.05) is 12.6 Å². The number of carbonyl (C=O) groups is 1. The molecule has 1 saturated carbocycles. The average molecular weight is 402 g/mol. The third-order valence-electron chi connectivity index (χ3n) is 5.36. The van der Waals surface area contributed by atoms with Crippen LogP contribution >= 0.6 is 11.8 Å². The molecule has 0 saturated heterocycles. The molecule has 0 spiro atoms. The van der Waals surface area contributed by atoms with Crippen molar-refractivity contribution in [2.75, 3.05) is 5.75 Å².